The van der Waals surface area contributed by atoms with Crippen molar-refractivity contribution in [3.63, 3.8) is 0 Å². The zero-order chi connectivity index (χ0) is 10.1. The summed E-state index contributed by atoms with van der Waals surface area (Å²) in [5, 5.41) is 2.58. The average Bonchev–Trinajstić information content (AvgIpc) is 2.18. The van der Waals surface area contributed by atoms with Crippen molar-refractivity contribution in [1.29, 1.82) is 0 Å². The lowest BCUT2D eigenvalue weighted by Crippen LogP contribution is -1.78. The zero-order valence-corrected chi connectivity index (χ0v) is 10.0. The van der Waals surface area contributed by atoms with Crippen LogP contribution in [0.15, 0.2) is 30.3 Å². The standard InChI is InChI=1S/C11H5ClIN/c1-14-11-8-5-3-2-4-7(8)9(12)6-10(11)13/h2-6H. The minimum Gasteiger partial charge on any atom is -0.236 e. The zero-order valence-electron chi connectivity index (χ0n) is 7.09. The molecule has 2 aromatic carbocycles. The van der Waals surface area contributed by atoms with Crippen LogP contribution in [0, 0.1) is 10.1 Å². The molecule has 0 N–H and O–H groups in total. The van der Waals surface area contributed by atoms with Crippen molar-refractivity contribution in [1.82, 2.24) is 0 Å². The van der Waals surface area contributed by atoms with E-state index in [2.05, 4.69) is 27.4 Å². The Bertz CT molecular complexity index is 543. The molecule has 0 saturated heterocycles. The number of rotatable bonds is 0. The summed E-state index contributed by atoms with van der Waals surface area (Å²) in [6.07, 6.45) is 0. The molecule has 1 nitrogen and oxygen atoms in total. The molecule has 2 aromatic rings. The van der Waals surface area contributed by atoms with E-state index in [-0.39, 0.29) is 0 Å². The minimum absolute atomic E-state index is 0.686. The third kappa shape index (κ3) is 1.47. The molecule has 0 radical (unpaired) electrons. The van der Waals surface area contributed by atoms with E-state index < -0.39 is 0 Å². The van der Waals surface area contributed by atoms with Crippen molar-refractivity contribution in [2.24, 2.45) is 0 Å². The molecule has 0 aliphatic rings. The molecular weight excluding hydrogens is 308 g/mol. The van der Waals surface area contributed by atoms with Gasteiger partial charge in [0.1, 0.15) is 0 Å². The molecular formula is C11H5ClIN. The molecule has 0 heterocycles. The monoisotopic (exact) mass is 313 g/mol. The highest BCUT2D eigenvalue weighted by Gasteiger charge is 2.08. The maximum absolute atomic E-state index is 7.11. The second kappa shape index (κ2) is 3.76. The van der Waals surface area contributed by atoms with E-state index in [1.165, 1.54) is 0 Å². The summed E-state index contributed by atoms with van der Waals surface area (Å²) in [6.45, 7) is 7.11. The van der Waals surface area contributed by atoms with E-state index >= 15 is 0 Å². The van der Waals surface area contributed by atoms with E-state index in [9.17, 15) is 0 Å². The highest BCUT2D eigenvalue weighted by molar-refractivity contribution is 14.1. The summed E-state index contributed by atoms with van der Waals surface area (Å²) in [6, 6.07) is 9.54. The fourth-order valence-corrected chi connectivity index (χ4v) is 2.58. The van der Waals surface area contributed by atoms with Crippen molar-refractivity contribution in [3.8, 4) is 0 Å². The quantitative estimate of drug-likeness (QED) is 0.492. The predicted molar refractivity (Wildman–Crippen MR) is 67.9 cm³/mol. The van der Waals surface area contributed by atoms with E-state index in [0.717, 1.165) is 14.3 Å². The normalized spacial score (nSPS) is 10.1. The van der Waals surface area contributed by atoms with Crippen molar-refractivity contribution in [3.05, 3.63) is 50.3 Å². The summed E-state index contributed by atoms with van der Waals surface area (Å²) in [5.74, 6) is 0. The summed E-state index contributed by atoms with van der Waals surface area (Å²) in [5.41, 5.74) is 0.686. The van der Waals surface area contributed by atoms with Crippen LogP contribution in [0.2, 0.25) is 5.02 Å². The number of nitrogens with zero attached hydrogens (tertiary/aromatic N) is 1. The molecule has 68 valence electrons. The lowest BCUT2D eigenvalue weighted by molar-refractivity contribution is 1.70. The van der Waals surface area contributed by atoms with Crippen molar-refractivity contribution >= 4 is 50.7 Å². The highest BCUT2D eigenvalue weighted by Crippen LogP contribution is 2.35. The van der Waals surface area contributed by atoms with Crippen molar-refractivity contribution in [2.45, 2.75) is 0 Å². The molecule has 2 rings (SSSR count). The number of fused-ring (bicyclic) bond motifs is 1. The first-order chi connectivity index (χ1) is 6.74. The number of hydrogen-bond acceptors (Lipinski definition) is 0. The van der Waals surface area contributed by atoms with Gasteiger partial charge in [0.15, 0.2) is 0 Å². The van der Waals surface area contributed by atoms with E-state index in [4.69, 9.17) is 18.2 Å². The lowest BCUT2D eigenvalue weighted by atomic mass is 10.1. The van der Waals surface area contributed by atoms with Crippen LogP contribution >= 0.6 is 34.2 Å². The van der Waals surface area contributed by atoms with Gasteiger partial charge in [0.25, 0.3) is 0 Å². The Hall–Kier alpha value is -0.790. The van der Waals surface area contributed by atoms with Gasteiger partial charge in [-0.25, -0.2) is 4.85 Å². The lowest BCUT2D eigenvalue weighted by Gasteiger charge is -2.04. The molecule has 0 aliphatic heterocycles. The topological polar surface area (TPSA) is 4.36 Å². The Morgan fingerprint density at radius 3 is 2.50 bits per heavy atom. The number of benzene rings is 2. The van der Waals surface area contributed by atoms with Gasteiger partial charge >= 0.3 is 0 Å². The van der Waals surface area contributed by atoms with Gasteiger partial charge < -0.3 is 0 Å². The summed E-state index contributed by atoms with van der Waals surface area (Å²) >= 11 is 8.22. The van der Waals surface area contributed by atoms with Crippen LogP contribution in [-0.4, -0.2) is 0 Å². The SMILES string of the molecule is [C-]#[N+]c1c(I)cc(Cl)c2ccccc12. The molecule has 0 atom stereocenters. The van der Waals surface area contributed by atoms with Gasteiger partial charge in [0.05, 0.1) is 6.57 Å². The summed E-state index contributed by atoms with van der Waals surface area (Å²) < 4.78 is 0.904. The molecule has 0 unspecified atom stereocenters. The van der Waals surface area contributed by atoms with Crippen LogP contribution in [-0.2, 0) is 0 Å². The fourth-order valence-electron chi connectivity index (χ4n) is 1.40. The molecule has 3 heteroatoms. The Morgan fingerprint density at radius 2 is 1.86 bits per heavy atom. The van der Waals surface area contributed by atoms with Gasteiger partial charge in [0.2, 0.25) is 5.69 Å². The Labute approximate surface area is 101 Å². The van der Waals surface area contributed by atoms with Crippen molar-refractivity contribution < 1.29 is 0 Å². The van der Waals surface area contributed by atoms with Crippen molar-refractivity contribution in [2.75, 3.05) is 0 Å². The van der Waals surface area contributed by atoms with Crippen LogP contribution in [0.25, 0.3) is 15.6 Å². The third-order valence-corrected chi connectivity index (χ3v) is 3.17. The maximum Gasteiger partial charge on any atom is 0.208 e. The Kier molecular flexibility index (Phi) is 2.62. The molecule has 0 spiro atoms. The number of halogens is 2. The Balaban J connectivity index is 3.00. The molecule has 0 saturated carbocycles. The second-order valence-corrected chi connectivity index (χ2v) is 4.42. The molecule has 0 aromatic heterocycles. The van der Waals surface area contributed by atoms with E-state index in [0.29, 0.717) is 10.7 Å². The van der Waals surface area contributed by atoms with Crippen LogP contribution in [0.1, 0.15) is 0 Å². The fraction of sp³-hybridized carbons (Fsp3) is 0. The molecule has 0 aliphatic carbocycles. The van der Waals surface area contributed by atoms with Crippen LogP contribution in [0.4, 0.5) is 5.69 Å². The second-order valence-electron chi connectivity index (χ2n) is 2.85. The summed E-state index contributed by atoms with van der Waals surface area (Å²) in [7, 11) is 0. The first-order valence-electron chi connectivity index (χ1n) is 3.98. The van der Waals surface area contributed by atoms with Gasteiger partial charge in [-0.1, -0.05) is 58.5 Å². The minimum atomic E-state index is 0.686. The van der Waals surface area contributed by atoms with Crippen LogP contribution in [0.5, 0.6) is 0 Å². The van der Waals surface area contributed by atoms with Gasteiger partial charge in [-0.2, -0.15) is 0 Å². The third-order valence-electron chi connectivity index (χ3n) is 2.03. The largest absolute Gasteiger partial charge is 0.236 e. The van der Waals surface area contributed by atoms with E-state index in [1.54, 1.807) is 0 Å². The predicted octanol–water partition coefficient (Wildman–Crippen LogP) is 4.65. The average molecular weight is 314 g/mol. The van der Waals surface area contributed by atoms with E-state index in [1.807, 2.05) is 30.3 Å². The van der Waals surface area contributed by atoms with Gasteiger partial charge in [-0.3, -0.25) is 0 Å². The van der Waals surface area contributed by atoms with Gasteiger partial charge in [-0.05, 0) is 16.8 Å². The highest BCUT2D eigenvalue weighted by atomic mass is 127. The summed E-state index contributed by atoms with van der Waals surface area (Å²) in [4.78, 5) is 3.52. The molecule has 0 fully saturated rings. The molecule has 14 heavy (non-hydrogen) atoms. The first kappa shape index (κ1) is 9.75. The van der Waals surface area contributed by atoms with Crippen LogP contribution < -0.4 is 0 Å². The smallest absolute Gasteiger partial charge is 0.208 e. The van der Waals surface area contributed by atoms with Gasteiger partial charge in [0, 0.05) is 8.59 Å². The van der Waals surface area contributed by atoms with Crippen LogP contribution in [0.3, 0.4) is 0 Å². The maximum atomic E-state index is 7.11. The molecule has 0 bridgehead atoms. The first-order valence-corrected chi connectivity index (χ1v) is 5.44. The number of hydrogen-bond donors (Lipinski definition) is 0. The Morgan fingerprint density at radius 1 is 1.21 bits per heavy atom. The molecule has 0 amide bonds. The van der Waals surface area contributed by atoms with Gasteiger partial charge in [-0.15, -0.1) is 0 Å².